The van der Waals surface area contributed by atoms with Crippen LogP contribution in [0.4, 0.5) is 0 Å². The zero-order valence-corrected chi connectivity index (χ0v) is 21.4. The highest BCUT2D eigenvalue weighted by Gasteiger charge is 2.30. The number of likely N-dealkylation sites (tertiary alicyclic amines) is 1. The molecule has 0 unspecified atom stereocenters. The molecule has 2 amide bonds. The number of ether oxygens (including phenoxy) is 1. The van der Waals surface area contributed by atoms with Crippen molar-refractivity contribution in [2.45, 2.75) is 78.1 Å². The molecule has 1 saturated heterocycles. The number of nitrogens with zero attached hydrogens (tertiary/aromatic N) is 5. The van der Waals surface area contributed by atoms with Crippen molar-refractivity contribution in [3.05, 3.63) is 41.7 Å². The number of tetrazole rings is 1. The molecule has 1 aromatic heterocycles. The fourth-order valence-corrected chi connectivity index (χ4v) is 4.19. The van der Waals surface area contributed by atoms with E-state index >= 15 is 0 Å². The van der Waals surface area contributed by atoms with E-state index in [9.17, 15) is 9.59 Å². The van der Waals surface area contributed by atoms with Crippen molar-refractivity contribution in [2.75, 3.05) is 19.7 Å². The van der Waals surface area contributed by atoms with Gasteiger partial charge in [-0.3, -0.25) is 9.59 Å². The Kier molecular flexibility index (Phi) is 8.96. The number of rotatable bonds is 11. The number of nitrogens with two attached hydrogens (primary N) is 1. The normalized spacial score (nSPS) is 16.7. The fourth-order valence-electron chi connectivity index (χ4n) is 4.19. The summed E-state index contributed by atoms with van der Waals surface area (Å²) in [5.74, 6) is 0.304. The van der Waals surface area contributed by atoms with Gasteiger partial charge in [-0.2, -0.15) is 0 Å². The highest BCUT2D eigenvalue weighted by molar-refractivity contribution is 5.85. The van der Waals surface area contributed by atoms with E-state index in [4.69, 9.17) is 10.5 Å². The van der Waals surface area contributed by atoms with Gasteiger partial charge >= 0.3 is 0 Å². The van der Waals surface area contributed by atoms with Crippen LogP contribution in [0.5, 0.6) is 0 Å². The average molecular weight is 486 g/mol. The molecular weight excluding hydrogens is 446 g/mol. The molecule has 10 heteroatoms. The van der Waals surface area contributed by atoms with E-state index in [2.05, 4.69) is 34.7 Å². The lowest BCUT2D eigenvalue weighted by Gasteiger charge is -2.38. The van der Waals surface area contributed by atoms with Crippen LogP contribution in [-0.2, 0) is 27.5 Å². The van der Waals surface area contributed by atoms with Crippen molar-refractivity contribution >= 4 is 11.8 Å². The number of nitrogens with one attached hydrogen (secondary N) is 1. The SMILES string of the molecule is CC1(C)CCCN(C(=O)CCCn2nnnc2[C@@H](COCc2ccccc2)NC(=O)C(C)(C)N)C1. The van der Waals surface area contributed by atoms with Crippen LogP contribution < -0.4 is 11.1 Å². The molecular formula is C25H39N7O3. The Hall–Kier alpha value is -2.85. The Balaban J connectivity index is 1.61. The lowest BCUT2D eigenvalue weighted by Crippen LogP contribution is -2.51. The third kappa shape index (κ3) is 8.10. The van der Waals surface area contributed by atoms with E-state index in [0.717, 1.165) is 31.5 Å². The lowest BCUT2D eigenvalue weighted by atomic mass is 9.84. The standard InChI is InChI=1S/C25H39N7O3/c1-24(2)13-9-14-31(18-24)21(33)12-8-15-32-22(28-29-30-32)20(27-23(34)25(3,4)26)17-35-16-19-10-6-5-7-11-19/h5-7,10-11,20H,8-9,12-18,26H2,1-4H3,(H,27,34)/t20-/m1/s1. The molecule has 0 spiro atoms. The Morgan fingerprint density at radius 3 is 2.69 bits per heavy atom. The first-order valence-electron chi connectivity index (χ1n) is 12.3. The molecule has 3 N–H and O–H groups in total. The van der Waals surface area contributed by atoms with Crippen molar-refractivity contribution < 1.29 is 14.3 Å². The molecule has 1 fully saturated rings. The summed E-state index contributed by atoms with van der Waals surface area (Å²) in [6, 6.07) is 9.20. The molecule has 0 aliphatic carbocycles. The maximum Gasteiger partial charge on any atom is 0.240 e. The van der Waals surface area contributed by atoms with Crippen LogP contribution in [-0.4, -0.2) is 62.2 Å². The number of hydrogen-bond donors (Lipinski definition) is 2. The Bertz CT molecular complexity index is 969. The third-order valence-electron chi connectivity index (χ3n) is 6.17. The molecule has 0 radical (unpaired) electrons. The second-order valence-corrected chi connectivity index (χ2v) is 10.7. The molecule has 2 aromatic rings. The number of hydrogen-bond acceptors (Lipinski definition) is 7. The lowest BCUT2D eigenvalue weighted by molar-refractivity contribution is -0.134. The summed E-state index contributed by atoms with van der Waals surface area (Å²) in [5, 5.41) is 15.0. The zero-order valence-electron chi connectivity index (χ0n) is 21.4. The highest BCUT2D eigenvalue weighted by atomic mass is 16.5. The Morgan fingerprint density at radius 2 is 2.00 bits per heavy atom. The molecule has 192 valence electrons. The van der Waals surface area contributed by atoms with E-state index in [1.165, 1.54) is 0 Å². The second-order valence-electron chi connectivity index (χ2n) is 10.7. The molecule has 35 heavy (non-hydrogen) atoms. The van der Waals surface area contributed by atoms with Gasteiger partial charge in [-0.25, -0.2) is 4.68 Å². The molecule has 0 bridgehead atoms. The van der Waals surface area contributed by atoms with Crippen molar-refractivity contribution in [3.8, 4) is 0 Å². The molecule has 1 atom stereocenters. The van der Waals surface area contributed by atoms with Crippen LogP contribution >= 0.6 is 0 Å². The van der Waals surface area contributed by atoms with Gasteiger partial charge in [0.1, 0.15) is 6.04 Å². The van der Waals surface area contributed by atoms with E-state index < -0.39 is 11.6 Å². The maximum atomic E-state index is 12.7. The quantitative estimate of drug-likeness (QED) is 0.499. The molecule has 1 aliphatic rings. The van der Waals surface area contributed by atoms with E-state index in [1.54, 1.807) is 18.5 Å². The molecule has 10 nitrogen and oxygen atoms in total. The van der Waals surface area contributed by atoms with Gasteiger partial charge in [0.25, 0.3) is 0 Å². The van der Waals surface area contributed by atoms with Crippen molar-refractivity contribution in [3.63, 3.8) is 0 Å². The summed E-state index contributed by atoms with van der Waals surface area (Å²) < 4.78 is 7.52. The fraction of sp³-hybridized carbons (Fsp3) is 0.640. The minimum Gasteiger partial charge on any atom is -0.374 e. The topological polar surface area (TPSA) is 128 Å². The number of benzene rings is 1. The Morgan fingerprint density at radius 1 is 1.26 bits per heavy atom. The summed E-state index contributed by atoms with van der Waals surface area (Å²) >= 11 is 0. The first-order chi connectivity index (χ1) is 16.5. The minimum absolute atomic E-state index is 0.160. The van der Waals surface area contributed by atoms with Gasteiger partial charge < -0.3 is 20.7 Å². The van der Waals surface area contributed by atoms with E-state index in [1.807, 2.05) is 35.2 Å². The van der Waals surface area contributed by atoms with Crippen LogP contribution in [0.1, 0.15) is 70.8 Å². The van der Waals surface area contributed by atoms with Crippen LogP contribution in [0.25, 0.3) is 0 Å². The number of piperidine rings is 1. The smallest absolute Gasteiger partial charge is 0.240 e. The average Bonchev–Trinajstić information content (AvgIpc) is 3.26. The first kappa shape index (κ1) is 26.7. The number of carbonyl (C=O) groups excluding carboxylic acids is 2. The number of carbonyl (C=O) groups is 2. The summed E-state index contributed by atoms with van der Waals surface area (Å²) in [7, 11) is 0. The van der Waals surface area contributed by atoms with Crippen LogP contribution in [0.2, 0.25) is 0 Å². The molecule has 2 heterocycles. The van der Waals surface area contributed by atoms with Gasteiger partial charge in [0, 0.05) is 26.1 Å². The van der Waals surface area contributed by atoms with Gasteiger partial charge in [0.2, 0.25) is 11.8 Å². The predicted octanol–water partition coefficient (Wildman–Crippen LogP) is 2.21. The third-order valence-corrected chi connectivity index (χ3v) is 6.17. The van der Waals surface area contributed by atoms with Crippen molar-refractivity contribution in [1.82, 2.24) is 30.4 Å². The van der Waals surface area contributed by atoms with Crippen LogP contribution in [0, 0.1) is 5.41 Å². The van der Waals surface area contributed by atoms with Crippen LogP contribution in [0.3, 0.4) is 0 Å². The first-order valence-corrected chi connectivity index (χ1v) is 12.3. The summed E-state index contributed by atoms with van der Waals surface area (Å²) in [4.78, 5) is 27.3. The van der Waals surface area contributed by atoms with Crippen LogP contribution in [0.15, 0.2) is 30.3 Å². The van der Waals surface area contributed by atoms with Crippen molar-refractivity contribution in [2.24, 2.45) is 11.1 Å². The van der Waals surface area contributed by atoms with E-state index in [0.29, 0.717) is 31.8 Å². The van der Waals surface area contributed by atoms with Gasteiger partial charge in [-0.1, -0.05) is 44.2 Å². The Labute approximate surface area is 207 Å². The number of aromatic nitrogens is 4. The molecule has 3 rings (SSSR count). The molecule has 0 saturated carbocycles. The van der Waals surface area contributed by atoms with Gasteiger partial charge in [-0.15, -0.1) is 5.10 Å². The molecule has 1 aromatic carbocycles. The number of amides is 2. The molecule has 1 aliphatic heterocycles. The second kappa shape index (κ2) is 11.7. The highest BCUT2D eigenvalue weighted by Crippen LogP contribution is 2.28. The monoisotopic (exact) mass is 485 g/mol. The largest absolute Gasteiger partial charge is 0.374 e. The van der Waals surface area contributed by atoms with Gasteiger partial charge in [-0.05, 0) is 54.5 Å². The predicted molar refractivity (Wildman–Crippen MR) is 132 cm³/mol. The summed E-state index contributed by atoms with van der Waals surface area (Å²) in [6.45, 7) is 10.3. The summed E-state index contributed by atoms with van der Waals surface area (Å²) in [5.41, 5.74) is 6.11. The summed E-state index contributed by atoms with van der Waals surface area (Å²) in [6.07, 6.45) is 3.20. The van der Waals surface area contributed by atoms with E-state index in [-0.39, 0.29) is 23.8 Å². The maximum absolute atomic E-state index is 12.7. The number of aryl methyl sites for hydroxylation is 1. The van der Waals surface area contributed by atoms with Crippen molar-refractivity contribution in [1.29, 1.82) is 0 Å². The van der Waals surface area contributed by atoms with Gasteiger partial charge in [0.15, 0.2) is 5.82 Å². The minimum atomic E-state index is -1.06. The van der Waals surface area contributed by atoms with Gasteiger partial charge in [0.05, 0.1) is 18.8 Å². The zero-order chi connectivity index (χ0) is 25.5.